The molecule has 15 heavy (non-hydrogen) atoms. The Hall–Kier alpha value is -0.610. The average molecular weight is 213 g/mol. The summed E-state index contributed by atoms with van der Waals surface area (Å²) in [6.45, 7) is 5.20. The van der Waals surface area contributed by atoms with Crippen LogP contribution < -0.4 is 11.1 Å². The molecule has 0 unspecified atom stereocenters. The summed E-state index contributed by atoms with van der Waals surface area (Å²) >= 11 is 0. The Morgan fingerprint density at radius 2 is 2.07 bits per heavy atom. The van der Waals surface area contributed by atoms with Crippen molar-refractivity contribution < 1.29 is 4.79 Å². The van der Waals surface area contributed by atoms with Gasteiger partial charge >= 0.3 is 0 Å². The molecule has 0 radical (unpaired) electrons. The average Bonchev–Trinajstić information content (AvgIpc) is 2.19. The third kappa shape index (κ3) is 3.80. The van der Waals surface area contributed by atoms with Crippen LogP contribution in [-0.2, 0) is 4.79 Å². The zero-order valence-corrected chi connectivity index (χ0v) is 9.88. The third-order valence-electron chi connectivity index (χ3n) is 3.21. The molecule has 0 aromatic rings. The van der Waals surface area contributed by atoms with E-state index in [0.29, 0.717) is 6.42 Å². The number of hydrogen-bond acceptors (Lipinski definition) is 3. The van der Waals surface area contributed by atoms with E-state index in [2.05, 4.69) is 24.2 Å². The molecule has 1 rings (SSSR count). The molecule has 1 fully saturated rings. The Labute approximate surface area is 92.2 Å². The van der Waals surface area contributed by atoms with Crippen molar-refractivity contribution in [3.8, 4) is 0 Å². The van der Waals surface area contributed by atoms with Gasteiger partial charge in [-0.2, -0.15) is 0 Å². The molecular formula is C11H23N3O. The minimum atomic E-state index is -0.192. The number of nitrogens with one attached hydrogen (secondary N) is 1. The maximum atomic E-state index is 11.1. The molecule has 0 spiro atoms. The van der Waals surface area contributed by atoms with Crippen molar-refractivity contribution >= 4 is 5.91 Å². The molecule has 1 saturated heterocycles. The molecule has 1 aliphatic rings. The summed E-state index contributed by atoms with van der Waals surface area (Å²) in [5, 5.41) is 3.51. The van der Waals surface area contributed by atoms with E-state index in [0.717, 1.165) is 38.9 Å². The highest BCUT2D eigenvalue weighted by molar-refractivity contribution is 5.75. The van der Waals surface area contributed by atoms with E-state index in [-0.39, 0.29) is 11.4 Å². The molecule has 1 amide bonds. The number of piperidine rings is 1. The van der Waals surface area contributed by atoms with Crippen molar-refractivity contribution in [2.45, 2.75) is 38.1 Å². The van der Waals surface area contributed by atoms with Crippen LogP contribution in [0.1, 0.15) is 32.6 Å². The van der Waals surface area contributed by atoms with Gasteiger partial charge in [0, 0.05) is 12.0 Å². The van der Waals surface area contributed by atoms with Gasteiger partial charge in [0.2, 0.25) is 5.91 Å². The van der Waals surface area contributed by atoms with Crippen LogP contribution in [0.5, 0.6) is 0 Å². The number of primary amides is 1. The second-order valence-electron chi connectivity index (χ2n) is 4.65. The molecule has 4 heteroatoms. The summed E-state index contributed by atoms with van der Waals surface area (Å²) in [5.74, 6) is -0.192. The maximum Gasteiger partial charge on any atom is 0.219 e. The van der Waals surface area contributed by atoms with Crippen LogP contribution in [0.2, 0.25) is 0 Å². The van der Waals surface area contributed by atoms with Gasteiger partial charge in [0.1, 0.15) is 0 Å². The second kappa shape index (κ2) is 5.47. The van der Waals surface area contributed by atoms with Gasteiger partial charge in [-0.05, 0) is 45.9 Å². The Morgan fingerprint density at radius 1 is 1.47 bits per heavy atom. The molecule has 4 nitrogen and oxygen atoms in total. The van der Waals surface area contributed by atoms with Gasteiger partial charge in [0.15, 0.2) is 0 Å². The van der Waals surface area contributed by atoms with Crippen molar-refractivity contribution in [3.63, 3.8) is 0 Å². The van der Waals surface area contributed by atoms with Gasteiger partial charge in [0.25, 0.3) is 0 Å². The quantitative estimate of drug-likeness (QED) is 0.692. The first-order valence-electron chi connectivity index (χ1n) is 5.80. The normalized spacial score (nSPS) is 21.5. The van der Waals surface area contributed by atoms with E-state index < -0.39 is 0 Å². The molecule has 1 heterocycles. The summed E-state index contributed by atoms with van der Waals surface area (Å²) < 4.78 is 0. The Morgan fingerprint density at radius 3 is 2.53 bits per heavy atom. The van der Waals surface area contributed by atoms with Gasteiger partial charge in [-0.25, -0.2) is 0 Å². The summed E-state index contributed by atoms with van der Waals surface area (Å²) in [4.78, 5) is 13.4. The lowest BCUT2D eigenvalue weighted by Crippen LogP contribution is -2.54. The van der Waals surface area contributed by atoms with Crippen LogP contribution in [0.3, 0.4) is 0 Å². The highest BCUT2D eigenvalue weighted by Crippen LogP contribution is 2.24. The molecule has 0 saturated carbocycles. The number of carbonyl (C=O) groups excluding carboxylic acids is 1. The molecule has 0 bridgehead atoms. The van der Waals surface area contributed by atoms with Gasteiger partial charge < -0.3 is 16.0 Å². The standard InChI is InChI=1S/C11H23N3O/c1-3-6-13-11(9-10(12)15)4-7-14(2)8-5-11/h13H,3-9H2,1-2H3,(H2,12,15). The number of amides is 1. The smallest absolute Gasteiger partial charge is 0.219 e. The van der Waals surface area contributed by atoms with Crippen LogP contribution in [0.4, 0.5) is 0 Å². The van der Waals surface area contributed by atoms with Crippen molar-refractivity contribution in [1.82, 2.24) is 10.2 Å². The fourth-order valence-corrected chi connectivity index (χ4v) is 2.19. The van der Waals surface area contributed by atoms with Gasteiger partial charge in [0.05, 0.1) is 0 Å². The molecule has 0 aliphatic carbocycles. The molecular weight excluding hydrogens is 190 g/mol. The topological polar surface area (TPSA) is 58.4 Å². The number of rotatable bonds is 5. The molecule has 0 aromatic heterocycles. The predicted molar refractivity (Wildman–Crippen MR) is 61.6 cm³/mol. The summed E-state index contributed by atoms with van der Waals surface area (Å²) in [7, 11) is 2.12. The van der Waals surface area contributed by atoms with E-state index in [4.69, 9.17) is 5.73 Å². The van der Waals surface area contributed by atoms with E-state index >= 15 is 0 Å². The Balaban J connectivity index is 2.55. The highest BCUT2D eigenvalue weighted by atomic mass is 16.1. The third-order valence-corrected chi connectivity index (χ3v) is 3.21. The Kier molecular flexibility index (Phi) is 4.54. The van der Waals surface area contributed by atoms with Crippen molar-refractivity contribution in [2.24, 2.45) is 5.73 Å². The van der Waals surface area contributed by atoms with E-state index in [1.165, 1.54) is 0 Å². The fraction of sp³-hybridized carbons (Fsp3) is 0.909. The number of carbonyl (C=O) groups is 1. The molecule has 0 aromatic carbocycles. The first kappa shape index (κ1) is 12.5. The number of nitrogens with zero attached hydrogens (tertiary/aromatic N) is 1. The largest absolute Gasteiger partial charge is 0.370 e. The fourth-order valence-electron chi connectivity index (χ4n) is 2.19. The minimum absolute atomic E-state index is 0.0334. The zero-order chi connectivity index (χ0) is 11.3. The number of hydrogen-bond donors (Lipinski definition) is 2. The second-order valence-corrected chi connectivity index (χ2v) is 4.65. The first-order valence-corrected chi connectivity index (χ1v) is 5.80. The molecule has 88 valence electrons. The monoisotopic (exact) mass is 213 g/mol. The molecule has 0 atom stereocenters. The lowest BCUT2D eigenvalue weighted by Gasteiger charge is -2.41. The predicted octanol–water partition coefficient (Wildman–Crippen LogP) is 0.326. The minimum Gasteiger partial charge on any atom is -0.370 e. The van der Waals surface area contributed by atoms with Crippen molar-refractivity contribution in [3.05, 3.63) is 0 Å². The van der Waals surface area contributed by atoms with Crippen molar-refractivity contribution in [1.29, 1.82) is 0 Å². The van der Waals surface area contributed by atoms with Crippen LogP contribution in [0.25, 0.3) is 0 Å². The van der Waals surface area contributed by atoms with E-state index in [9.17, 15) is 4.79 Å². The van der Waals surface area contributed by atoms with Crippen LogP contribution >= 0.6 is 0 Å². The summed E-state index contributed by atoms with van der Waals surface area (Å²) in [6, 6.07) is 0. The highest BCUT2D eigenvalue weighted by Gasteiger charge is 2.34. The van der Waals surface area contributed by atoms with Gasteiger partial charge in [-0.3, -0.25) is 4.79 Å². The van der Waals surface area contributed by atoms with E-state index in [1.54, 1.807) is 0 Å². The SMILES string of the molecule is CCCNC1(CC(N)=O)CCN(C)CC1. The van der Waals surface area contributed by atoms with Crippen molar-refractivity contribution in [2.75, 3.05) is 26.7 Å². The first-order chi connectivity index (χ1) is 7.08. The molecule has 3 N–H and O–H groups in total. The molecule has 1 aliphatic heterocycles. The van der Waals surface area contributed by atoms with Crippen LogP contribution in [0, 0.1) is 0 Å². The number of nitrogens with two attached hydrogens (primary N) is 1. The maximum absolute atomic E-state index is 11.1. The lowest BCUT2D eigenvalue weighted by atomic mass is 9.84. The zero-order valence-electron chi connectivity index (χ0n) is 9.88. The summed E-state index contributed by atoms with van der Waals surface area (Å²) in [5.41, 5.74) is 5.29. The van der Waals surface area contributed by atoms with Crippen LogP contribution in [-0.4, -0.2) is 43.0 Å². The van der Waals surface area contributed by atoms with Crippen LogP contribution in [0.15, 0.2) is 0 Å². The Bertz CT molecular complexity index is 204. The van der Waals surface area contributed by atoms with Gasteiger partial charge in [-0.1, -0.05) is 6.92 Å². The van der Waals surface area contributed by atoms with E-state index in [1.807, 2.05) is 0 Å². The lowest BCUT2D eigenvalue weighted by molar-refractivity contribution is -0.120. The van der Waals surface area contributed by atoms with Gasteiger partial charge in [-0.15, -0.1) is 0 Å². The summed E-state index contributed by atoms with van der Waals surface area (Å²) in [6.07, 6.45) is 3.61. The number of likely N-dealkylation sites (tertiary alicyclic amines) is 1.